The molecule has 1 N–H and O–H groups in total. The van der Waals surface area contributed by atoms with E-state index in [-0.39, 0.29) is 23.5 Å². The lowest BCUT2D eigenvalue weighted by molar-refractivity contribution is -0.135. The molecule has 1 aliphatic rings. The van der Waals surface area contributed by atoms with Crippen LogP contribution in [0.2, 0.25) is 5.02 Å². The van der Waals surface area contributed by atoms with Gasteiger partial charge in [-0.1, -0.05) is 60.1 Å². The number of esters is 1. The van der Waals surface area contributed by atoms with Crippen molar-refractivity contribution < 1.29 is 23.9 Å². The SMILES string of the molecule is CC(=O)Oc1ccc2ccccc2c1C1=NN(C(C)=O)[C@H](c2cccc(NC(=O)c3cccc(Cl)c3)c2)O1. The molecule has 0 fully saturated rings. The van der Waals surface area contributed by atoms with Crippen molar-refractivity contribution in [3.63, 3.8) is 0 Å². The average Bonchev–Trinajstić information content (AvgIpc) is 3.34. The van der Waals surface area contributed by atoms with E-state index in [0.29, 0.717) is 27.4 Å². The van der Waals surface area contributed by atoms with Gasteiger partial charge < -0.3 is 14.8 Å². The second-order valence-corrected chi connectivity index (χ2v) is 9.02. The Morgan fingerprint density at radius 2 is 1.74 bits per heavy atom. The number of rotatable bonds is 5. The van der Waals surface area contributed by atoms with E-state index in [2.05, 4.69) is 10.4 Å². The van der Waals surface area contributed by atoms with Crippen molar-refractivity contribution in [2.75, 3.05) is 5.32 Å². The van der Waals surface area contributed by atoms with Crippen molar-refractivity contribution in [2.45, 2.75) is 20.1 Å². The normalized spacial score (nSPS) is 14.6. The highest BCUT2D eigenvalue weighted by Gasteiger charge is 2.35. The Hall–Kier alpha value is -4.69. The lowest BCUT2D eigenvalue weighted by Gasteiger charge is -2.20. The molecule has 38 heavy (non-hydrogen) atoms. The van der Waals surface area contributed by atoms with E-state index >= 15 is 0 Å². The minimum atomic E-state index is -0.908. The van der Waals surface area contributed by atoms with Crippen LogP contribution in [-0.2, 0) is 14.3 Å². The number of ether oxygens (including phenoxy) is 2. The monoisotopic (exact) mass is 527 g/mol. The Morgan fingerprint density at radius 1 is 0.947 bits per heavy atom. The molecule has 0 radical (unpaired) electrons. The second kappa shape index (κ2) is 10.4. The molecule has 4 aromatic rings. The zero-order valence-corrected chi connectivity index (χ0v) is 21.2. The summed E-state index contributed by atoms with van der Waals surface area (Å²) in [4.78, 5) is 37.1. The molecule has 1 atom stereocenters. The van der Waals surface area contributed by atoms with Crippen molar-refractivity contribution in [3.05, 3.63) is 107 Å². The molecule has 0 saturated carbocycles. The summed E-state index contributed by atoms with van der Waals surface area (Å²) in [5.41, 5.74) is 1.94. The van der Waals surface area contributed by atoms with Crippen LogP contribution in [0.3, 0.4) is 0 Å². The molecule has 1 heterocycles. The fourth-order valence-electron chi connectivity index (χ4n) is 4.20. The van der Waals surface area contributed by atoms with Crippen LogP contribution < -0.4 is 10.1 Å². The van der Waals surface area contributed by atoms with Crippen molar-refractivity contribution in [2.24, 2.45) is 5.10 Å². The number of amides is 2. The second-order valence-electron chi connectivity index (χ2n) is 8.58. The topological polar surface area (TPSA) is 97.3 Å². The van der Waals surface area contributed by atoms with Gasteiger partial charge in [0, 0.05) is 35.7 Å². The van der Waals surface area contributed by atoms with Crippen LogP contribution in [0.5, 0.6) is 5.75 Å². The molecule has 0 aliphatic carbocycles. The van der Waals surface area contributed by atoms with Gasteiger partial charge in [0.05, 0.1) is 5.56 Å². The summed E-state index contributed by atoms with van der Waals surface area (Å²) >= 11 is 6.01. The third-order valence-electron chi connectivity index (χ3n) is 5.84. The highest BCUT2D eigenvalue weighted by molar-refractivity contribution is 6.31. The quantitative estimate of drug-likeness (QED) is 0.257. The summed E-state index contributed by atoms with van der Waals surface area (Å²) in [5, 5.41) is 10.6. The number of nitrogens with one attached hydrogen (secondary N) is 1. The highest BCUT2D eigenvalue weighted by Crippen LogP contribution is 2.37. The van der Waals surface area contributed by atoms with E-state index in [1.165, 1.54) is 18.9 Å². The lowest BCUT2D eigenvalue weighted by atomic mass is 10.0. The van der Waals surface area contributed by atoms with Crippen LogP contribution in [-0.4, -0.2) is 28.7 Å². The van der Waals surface area contributed by atoms with E-state index in [1.54, 1.807) is 54.6 Å². The first-order valence-corrected chi connectivity index (χ1v) is 12.1. The number of fused-ring (bicyclic) bond motifs is 1. The molecular formula is C29H22ClN3O5. The van der Waals surface area contributed by atoms with Gasteiger partial charge in [-0.2, -0.15) is 5.01 Å². The summed E-state index contributed by atoms with van der Waals surface area (Å²) in [6.45, 7) is 2.69. The zero-order chi connectivity index (χ0) is 26.8. The number of hydrogen-bond acceptors (Lipinski definition) is 6. The maximum absolute atomic E-state index is 12.7. The zero-order valence-electron chi connectivity index (χ0n) is 20.5. The maximum atomic E-state index is 12.7. The molecule has 1 aliphatic heterocycles. The molecular weight excluding hydrogens is 506 g/mol. The van der Waals surface area contributed by atoms with Gasteiger partial charge in [-0.3, -0.25) is 14.4 Å². The lowest BCUT2D eigenvalue weighted by Crippen LogP contribution is -2.25. The van der Waals surface area contributed by atoms with Gasteiger partial charge >= 0.3 is 5.97 Å². The maximum Gasteiger partial charge on any atom is 0.308 e. The van der Waals surface area contributed by atoms with E-state index in [9.17, 15) is 14.4 Å². The first kappa shape index (κ1) is 25.0. The van der Waals surface area contributed by atoms with E-state index in [4.69, 9.17) is 21.1 Å². The van der Waals surface area contributed by atoms with Gasteiger partial charge in [-0.05, 0) is 47.2 Å². The van der Waals surface area contributed by atoms with Crippen LogP contribution >= 0.6 is 11.6 Å². The molecule has 0 spiro atoms. The predicted molar refractivity (Wildman–Crippen MR) is 144 cm³/mol. The van der Waals surface area contributed by atoms with Crippen LogP contribution in [0.4, 0.5) is 5.69 Å². The van der Waals surface area contributed by atoms with Crippen molar-refractivity contribution in [1.82, 2.24) is 5.01 Å². The van der Waals surface area contributed by atoms with Crippen LogP contribution in [0.1, 0.15) is 41.6 Å². The number of nitrogens with zero attached hydrogens (tertiary/aromatic N) is 2. The van der Waals surface area contributed by atoms with Gasteiger partial charge in [0.2, 0.25) is 18.0 Å². The molecule has 5 rings (SSSR count). The van der Waals surface area contributed by atoms with Crippen molar-refractivity contribution >= 4 is 51.7 Å². The molecule has 0 saturated heterocycles. The summed E-state index contributed by atoms with van der Waals surface area (Å²) in [5.74, 6) is -0.789. The predicted octanol–water partition coefficient (Wildman–Crippen LogP) is 5.91. The average molecular weight is 528 g/mol. The number of hydrogen-bond donors (Lipinski definition) is 1. The van der Waals surface area contributed by atoms with E-state index in [1.807, 2.05) is 30.3 Å². The summed E-state index contributed by atoms with van der Waals surface area (Å²) < 4.78 is 11.7. The summed E-state index contributed by atoms with van der Waals surface area (Å²) in [7, 11) is 0. The highest BCUT2D eigenvalue weighted by atomic mass is 35.5. The van der Waals surface area contributed by atoms with E-state index in [0.717, 1.165) is 10.8 Å². The van der Waals surface area contributed by atoms with Crippen molar-refractivity contribution in [1.29, 1.82) is 0 Å². The number of hydrazone groups is 1. The van der Waals surface area contributed by atoms with Gasteiger partial charge in [-0.15, -0.1) is 5.10 Å². The molecule has 0 bridgehead atoms. The fourth-order valence-corrected chi connectivity index (χ4v) is 4.39. The standard InChI is InChI=1S/C29H22ClN3O5/c1-17(34)33-29(21-9-6-11-23(16-21)31-27(36)20-8-5-10-22(30)15-20)38-28(32-33)26-24-12-4-3-7-19(24)13-14-25(26)37-18(2)35/h3-16,29H,1-2H3,(H,31,36)/t29-/m0/s1. The van der Waals surface area contributed by atoms with Gasteiger partial charge in [0.25, 0.3) is 5.91 Å². The number of carbonyl (C=O) groups excluding carboxylic acids is 3. The Kier molecular flexibility index (Phi) is 6.81. The molecule has 4 aromatic carbocycles. The molecule has 8 nitrogen and oxygen atoms in total. The number of anilines is 1. The van der Waals surface area contributed by atoms with Gasteiger partial charge in [0.1, 0.15) is 5.75 Å². The largest absolute Gasteiger partial charge is 0.446 e. The number of halogens is 1. The Balaban J connectivity index is 1.49. The van der Waals surface area contributed by atoms with Crippen molar-refractivity contribution in [3.8, 4) is 5.75 Å². The minimum absolute atomic E-state index is 0.131. The molecule has 190 valence electrons. The smallest absolute Gasteiger partial charge is 0.308 e. The molecule has 0 unspecified atom stereocenters. The third-order valence-corrected chi connectivity index (χ3v) is 6.08. The minimum Gasteiger partial charge on any atom is -0.446 e. The molecule has 2 amide bonds. The Bertz CT molecular complexity index is 1620. The van der Waals surface area contributed by atoms with Gasteiger partial charge in [0.15, 0.2) is 0 Å². The fraction of sp³-hybridized carbons (Fsp3) is 0.103. The molecule has 0 aromatic heterocycles. The Labute approximate surface area is 223 Å². The van der Waals surface area contributed by atoms with E-state index < -0.39 is 12.2 Å². The third kappa shape index (κ3) is 5.07. The first-order valence-electron chi connectivity index (χ1n) is 11.7. The van der Waals surface area contributed by atoms with Crippen LogP contribution in [0, 0.1) is 0 Å². The van der Waals surface area contributed by atoms with Crippen LogP contribution in [0.15, 0.2) is 90.0 Å². The van der Waals surface area contributed by atoms with Crippen LogP contribution in [0.25, 0.3) is 10.8 Å². The summed E-state index contributed by atoms with van der Waals surface area (Å²) in [6, 6.07) is 24.6. The number of benzene rings is 4. The Morgan fingerprint density at radius 3 is 2.50 bits per heavy atom. The summed E-state index contributed by atoms with van der Waals surface area (Å²) in [6.07, 6.45) is -0.908. The van der Waals surface area contributed by atoms with Gasteiger partial charge in [-0.25, -0.2) is 0 Å². The first-order chi connectivity index (χ1) is 18.3. The number of carbonyl (C=O) groups is 3. The molecule has 9 heteroatoms.